The maximum absolute atomic E-state index is 13.2. The second kappa shape index (κ2) is 7.20. The van der Waals surface area contributed by atoms with E-state index >= 15 is 0 Å². The van der Waals surface area contributed by atoms with Gasteiger partial charge in [-0.25, -0.2) is 14.5 Å². The van der Waals surface area contributed by atoms with E-state index in [0.717, 1.165) is 17.9 Å². The van der Waals surface area contributed by atoms with Gasteiger partial charge < -0.3 is 4.18 Å². The Morgan fingerprint density at radius 2 is 2.10 bits per heavy atom. The quantitative estimate of drug-likeness (QED) is 0.352. The predicted molar refractivity (Wildman–Crippen MR) is 113 cm³/mol. The first-order chi connectivity index (χ1) is 14.2. The molecule has 1 fully saturated rings. The fourth-order valence-electron chi connectivity index (χ4n) is 3.41. The number of imidazole rings is 1. The van der Waals surface area contributed by atoms with Crippen LogP contribution in [0.5, 0.6) is 5.88 Å². The van der Waals surface area contributed by atoms with Crippen LogP contribution in [0.15, 0.2) is 47.7 Å². The normalized spacial score (nSPS) is 14.0. The summed E-state index contributed by atoms with van der Waals surface area (Å²) in [5.74, 6) is 1.42. The minimum absolute atomic E-state index is 0.184. The van der Waals surface area contributed by atoms with Crippen LogP contribution in [-0.4, -0.2) is 25.5 Å². The highest BCUT2D eigenvalue weighted by Gasteiger charge is 2.25. The Bertz CT molecular complexity index is 1280. The van der Waals surface area contributed by atoms with Crippen molar-refractivity contribution in [2.45, 2.75) is 32.6 Å². The van der Waals surface area contributed by atoms with Crippen molar-refractivity contribution in [1.82, 2.24) is 18.9 Å². The van der Waals surface area contributed by atoms with E-state index in [1.165, 1.54) is 29.3 Å². The van der Waals surface area contributed by atoms with E-state index in [9.17, 15) is 4.79 Å². The molecule has 148 valence electrons. The molecule has 3 heterocycles. The fraction of sp³-hybridized carbons (Fsp3) is 0.286. The Morgan fingerprint density at radius 1 is 1.24 bits per heavy atom. The lowest BCUT2D eigenvalue weighted by Gasteiger charge is -2.08. The standard InChI is InChI=1S/C21H20N4O3S/c1-3-27-29-28-21-19(23-18-9-7-15(11-24(18)21)14-5-6-14)25-12-22-17-8-4-13(2)10-16(17)20(25)26/h4,7-12,14H,3,5-6H2,1-2H3. The second-order valence-corrected chi connectivity index (χ2v) is 7.74. The monoisotopic (exact) mass is 408 g/mol. The minimum Gasteiger partial charge on any atom is -0.377 e. The van der Waals surface area contributed by atoms with Gasteiger partial charge in [0.15, 0.2) is 0 Å². The molecule has 0 N–H and O–H groups in total. The summed E-state index contributed by atoms with van der Waals surface area (Å²) >= 11 is 0.880. The van der Waals surface area contributed by atoms with Gasteiger partial charge >= 0.3 is 0 Å². The van der Waals surface area contributed by atoms with Gasteiger partial charge in [-0.15, -0.1) is 0 Å². The first kappa shape index (κ1) is 18.2. The van der Waals surface area contributed by atoms with Gasteiger partial charge in [0.25, 0.3) is 11.4 Å². The third-order valence-corrected chi connectivity index (χ3v) is 5.61. The van der Waals surface area contributed by atoms with Crippen molar-refractivity contribution >= 4 is 28.9 Å². The van der Waals surface area contributed by atoms with Crippen LogP contribution in [0, 0.1) is 6.92 Å². The molecular formula is C21H20N4O3S. The van der Waals surface area contributed by atoms with Crippen LogP contribution in [0.3, 0.4) is 0 Å². The molecule has 0 spiro atoms. The summed E-state index contributed by atoms with van der Waals surface area (Å²) in [4.78, 5) is 22.3. The average molecular weight is 408 g/mol. The summed E-state index contributed by atoms with van der Waals surface area (Å²) in [6, 6.07) is 9.69. The Balaban J connectivity index is 1.71. The average Bonchev–Trinajstić information content (AvgIpc) is 3.51. The molecule has 1 saturated carbocycles. The molecule has 8 heteroatoms. The van der Waals surface area contributed by atoms with Crippen LogP contribution in [0.4, 0.5) is 0 Å². The van der Waals surface area contributed by atoms with Crippen LogP contribution in [0.1, 0.15) is 36.8 Å². The third-order valence-electron chi connectivity index (χ3n) is 5.05. The van der Waals surface area contributed by atoms with Gasteiger partial charge in [0.05, 0.1) is 17.5 Å². The zero-order valence-electron chi connectivity index (χ0n) is 16.2. The number of benzene rings is 1. The van der Waals surface area contributed by atoms with Crippen molar-refractivity contribution < 1.29 is 8.37 Å². The lowest BCUT2D eigenvalue weighted by molar-refractivity contribution is 0.366. The molecule has 0 amide bonds. The smallest absolute Gasteiger partial charge is 0.267 e. The molecule has 29 heavy (non-hydrogen) atoms. The predicted octanol–water partition coefficient (Wildman–Crippen LogP) is 4.20. The molecule has 0 radical (unpaired) electrons. The Kier molecular flexibility index (Phi) is 4.52. The molecule has 1 aliphatic carbocycles. The Labute approximate surface area is 171 Å². The number of pyridine rings is 1. The van der Waals surface area contributed by atoms with Crippen molar-refractivity contribution in [1.29, 1.82) is 0 Å². The number of hydrogen-bond donors (Lipinski definition) is 0. The van der Waals surface area contributed by atoms with E-state index in [1.807, 2.05) is 48.7 Å². The van der Waals surface area contributed by atoms with Crippen molar-refractivity contribution in [3.63, 3.8) is 0 Å². The summed E-state index contributed by atoms with van der Waals surface area (Å²) in [6.45, 7) is 4.34. The van der Waals surface area contributed by atoms with Gasteiger partial charge in [-0.2, -0.15) is 0 Å². The van der Waals surface area contributed by atoms with Crippen molar-refractivity contribution in [3.05, 3.63) is 64.3 Å². The van der Waals surface area contributed by atoms with Crippen molar-refractivity contribution in [2.75, 3.05) is 6.61 Å². The molecule has 0 saturated heterocycles. The molecule has 1 aromatic carbocycles. The van der Waals surface area contributed by atoms with Crippen LogP contribution >= 0.6 is 12.3 Å². The van der Waals surface area contributed by atoms with E-state index in [-0.39, 0.29) is 5.56 Å². The maximum Gasteiger partial charge on any atom is 0.267 e. The van der Waals surface area contributed by atoms with Crippen LogP contribution in [0.2, 0.25) is 0 Å². The summed E-state index contributed by atoms with van der Waals surface area (Å²) in [7, 11) is 0. The van der Waals surface area contributed by atoms with Crippen LogP contribution < -0.4 is 9.74 Å². The summed E-state index contributed by atoms with van der Waals surface area (Å²) in [5.41, 5.74) is 3.42. The van der Waals surface area contributed by atoms with E-state index in [4.69, 9.17) is 8.37 Å². The third kappa shape index (κ3) is 3.28. The van der Waals surface area contributed by atoms with Gasteiger partial charge in [0, 0.05) is 6.20 Å². The highest BCUT2D eigenvalue weighted by Crippen LogP contribution is 2.40. The Morgan fingerprint density at radius 3 is 2.90 bits per heavy atom. The van der Waals surface area contributed by atoms with E-state index in [1.54, 1.807) is 0 Å². The first-order valence-corrected chi connectivity index (χ1v) is 10.3. The fourth-order valence-corrected chi connectivity index (χ4v) is 3.77. The maximum atomic E-state index is 13.2. The van der Waals surface area contributed by atoms with Gasteiger partial charge in [0.1, 0.15) is 12.0 Å². The van der Waals surface area contributed by atoms with Gasteiger partial charge in [-0.3, -0.25) is 13.4 Å². The molecule has 3 aromatic heterocycles. The zero-order valence-corrected chi connectivity index (χ0v) is 17.0. The number of fused-ring (bicyclic) bond motifs is 2. The van der Waals surface area contributed by atoms with Crippen molar-refractivity contribution in [2.24, 2.45) is 0 Å². The van der Waals surface area contributed by atoms with Gasteiger partial charge in [0.2, 0.25) is 18.1 Å². The molecule has 0 atom stereocenters. The zero-order chi connectivity index (χ0) is 20.0. The summed E-state index contributed by atoms with van der Waals surface area (Å²) in [5, 5.41) is 0.548. The molecule has 1 aliphatic rings. The summed E-state index contributed by atoms with van der Waals surface area (Å²) < 4.78 is 14.5. The van der Waals surface area contributed by atoms with Crippen LogP contribution in [-0.2, 0) is 4.18 Å². The molecule has 0 bridgehead atoms. The van der Waals surface area contributed by atoms with E-state index < -0.39 is 0 Å². The van der Waals surface area contributed by atoms with E-state index in [2.05, 4.69) is 16.0 Å². The first-order valence-electron chi connectivity index (χ1n) is 9.62. The lowest BCUT2D eigenvalue weighted by atomic mass is 10.2. The van der Waals surface area contributed by atoms with Crippen molar-refractivity contribution in [3.8, 4) is 11.7 Å². The topological polar surface area (TPSA) is 70.7 Å². The van der Waals surface area contributed by atoms with Crippen LogP contribution in [0.25, 0.3) is 22.4 Å². The Hall–Kier alpha value is -2.84. The molecular weight excluding hydrogens is 388 g/mol. The number of hydrogen-bond acceptors (Lipinski definition) is 6. The SMILES string of the molecule is CCOSOc1c(-n2cnc3ccc(C)cc3c2=O)nc2ccc(C3CC3)cn12. The number of rotatable bonds is 6. The highest BCUT2D eigenvalue weighted by molar-refractivity contribution is 7.90. The van der Waals surface area contributed by atoms with E-state index in [0.29, 0.717) is 40.8 Å². The molecule has 7 nitrogen and oxygen atoms in total. The second-order valence-electron chi connectivity index (χ2n) is 7.20. The largest absolute Gasteiger partial charge is 0.377 e. The van der Waals surface area contributed by atoms with Gasteiger partial charge in [-0.1, -0.05) is 17.7 Å². The molecule has 5 rings (SSSR count). The number of aryl methyl sites for hydroxylation is 1. The molecule has 0 unspecified atom stereocenters. The summed E-state index contributed by atoms with van der Waals surface area (Å²) in [6.07, 6.45) is 5.94. The molecule has 4 aromatic rings. The highest BCUT2D eigenvalue weighted by atomic mass is 32.2. The minimum atomic E-state index is -0.184. The van der Waals surface area contributed by atoms with Gasteiger partial charge in [-0.05, 0) is 56.4 Å². The number of aromatic nitrogens is 4. The number of nitrogens with zero attached hydrogens (tertiary/aromatic N) is 4. The lowest BCUT2D eigenvalue weighted by Crippen LogP contribution is -2.19. The molecule has 0 aliphatic heterocycles.